The van der Waals surface area contributed by atoms with Gasteiger partial charge in [-0.25, -0.2) is 0 Å². The fourth-order valence-electron chi connectivity index (χ4n) is 1.10. The van der Waals surface area contributed by atoms with Gasteiger partial charge in [0.25, 0.3) is 0 Å². The van der Waals surface area contributed by atoms with Gasteiger partial charge in [-0.3, -0.25) is 0 Å². The number of hydrogen-bond acceptors (Lipinski definition) is 3. The predicted molar refractivity (Wildman–Crippen MR) is 60.6 cm³/mol. The Hall–Kier alpha value is -1.40. The van der Waals surface area contributed by atoms with Gasteiger partial charge in [-0.1, -0.05) is 12.2 Å². The minimum atomic E-state index is 0.602. The molecule has 1 aromatic rings. The molecule has 0 atom stereocenters. The van der Waals surface area contributed by atoms with Crippen LogP contribution in [0, 0.1) is 11.3 Å². The molecule has 0 aromatic heterocycles. The number of hydrogen-bond donors (Lipinski definition) is 1. The molecule has 0 saturated carbocycles. The van der Waals surface area contributed by atoms with Crippen molar-refractivity contribution in [2.45, 2.75) is 0 Å². The summed E-state index contributed by atoms with van der Waals surface area (Å²) >= 11 is 4.07. The highest BCUT2D eigenvalue weighted by Crippen LogP contribution is 2.21. The molecular formula is C11H11NOS. The van der Waals surface area contributed by atoms with Crippen molar-refractivity contribution in [3.63, 3.8) is 0 Å². The third-order valence-corrected chi connectivity index (χ3v) is 1.98. The van der Waals surface area contributed by atoms with Gasteiger partial charge in [0, 0.05) is 11.3 Å². The first kappa shape index (κ1) is 10.7. The molecular weight excluding hydrogens is 194 g/mol. The summed E-state index contributed by atoms with van der Waals surface area (Å²) in [5.41, 5.74) is 1.56. The first-order valence-corrected chi connectivity index (χ1v) is 4.80. The number of ether oxygens (including phenoxy) is 1. The maximum Gasteiger partial charge on any atom is 0.127 e. The van der Waals surface area contributed by atoms with Crippen molar-refractivity contribution in [3.8, 4) is 11.8 Å². The molecule has 0 unspecified atom stereocenters. The summed E-state index contributed by atoms with van der Waals surface area (Å²) in [6.07, 6.45) is 3.85. The molecule has 3 heteroatoms. The van der Waals surface area contributed by atoms with Crippen LogP contribution in [-0.2, 0) is 0 Å². The monoisotopic (exact) mass is 205 g/mol. The molecule has 0 radical (unpaired) electrons. The van der Waals surface area contributed by atoms with Gasteiger partial charge in [-0.2, -0.15) is 17.9 Å². The van der Waals surface area contributed by atoms with E-state index in [1.54, 1.807) is 19.2 Å². The average molecular weight is 205 g/mol. The Bertz CT molecular complexity index is 379. The largest absolute Gasteiger partial charge is 0.496 e. The smallest absolute Gasteiger partial charge is 0.127 e. The molecule has 0 saturated heterocycles. The molecule has 1 rings (SSSR count). The van der Waals surface area contributed by atoms with E-state index in [4.69, 9.17) is 10.00 Å². The van der Waals surface area contributed by atoms with Gasteiger partial charge in [-0.05, 0) is 18.2 Å². The summed E-state index contributed by atoms with van der Waals surface area (Å²) in [5, 5.41) is 8.69. The minimum Gasteiger partial charge on any atom is -0.496 e. The van der Waals surface area contributed by atoms with Crippen LogP contribution >= 0.6 is 12.6 Å². The lowest BCUT2D eigenvalue weighted by Gasteiger charge is -2.04. The lowest BCUT2D eigenvalue weighted by Crippen LogP contribution is -1.88. The summed E-state index contributed by atoms with van der Waals surface area (Å²) in [6.45, 7) is 0. The first-order valence-electron chi connectivity index (χ1n) is 4.17. The quantitative estimate of drug-likeness (QED) is 0.769. The van der Waals surface area contributed by atoms with E-state index in [0.29, 0.717) is 17.1 Å². The third kappa shape index (κ3) is 2.54. The van der Waals surface area contributed by atoms with Crippen LogP contribution < -0.4 is 4.74 Å². The highest BCUT2D eigenvalue weighted by atomic mass is 32.1. The van der Waals surface area contributed by atoms with Crippen LogP contribution in [0.5, 0.6) is 5.75 Å². The standard InChI is InChI=1S/C11H11NOS/c1-13-11-7-9(8-12)4-5-10(11)3-2-6-14/h2-5,7,14H,6H2,1H3. The molecule has 14 heavy (non-hydrogen) atoms. The van der Waals surface area contributed by atoms with Crippen LogP contribution in [0.1, 0.15) is 11.1 Å². The van der Waals surface area contributed by atoms with Crippen molar-refractivity contribution < 1.29 is 4.74 Å². The second kappa shape index (κ2) is 5.36. The Morgan fingerprint density at radius 3 is 2.93 bits per heavy atom. The molecule has 0 amide bonds. The highest BCUT2D eigenvalue weighted by Gasteiger charge is 2.00. The number of benzene rings is 1. The zero-order valence-corrected chi connectivity index (χ0v) is 8.79. The molecule has 0 N–H and O–H groups in total. The fraction of sp³-hybridized carbons (Fsp3) is 0.182. The fourth-order valence-corrected chi connectivity index (χ4v) is 1.20. The van der Waals surface area contributed by atoms with Crippen LogP contribution in [0.25, 0.3) is 6.08 Å². The lowest BCUT2D eigenvalue weighted by atomic mass is 10.1. The van der Waals surface area contributed by atoms with Gasteiger partial charge in [0.15, 0.2) is 0 Å². The van der Waals surface area contributed by atoms with E-state index in [0.717, 1.165) is 5.56 Å². The van der Waals surface area contributed by atoms with Gasteiger partial charge in [0.05, 0.1) is 18.7 Å². The van der Waals surface area contributed by atoms with E-state index in [2.05, 4.69) is 18.7 Å². The topological polar surface area (TPSA) is 33.0 Å². The SMILES string of the molecule is COc1cc(C#N)ccc1C=CCS. The number of rotatable bonds is 3. The van der Waals surface area contributed by atoms with Crippen molar-refractivity contribution in [3.05, 3.63) is 35.4 Å². The van der Waals surface area contributed by atoms with Gasteiger partial charge in [0.2, 0.25) is 0 Å². The van der Waals surface area contributed by atoms with Crippen LogP contribution in [0.3, 0.4) is 0 Å². The molecule has 0 heterocycles. The van der Waals surface area contributed by atoms with Gasteiger partial charge in [-0.15, -0.1) is 0 Å². The Morgan fingerprint density at radius 2 is 2.36 bits per heavy atom. The Balaban J connectivity index is 3.06. The van der Waals surface area contributed by atoms with E-state index in [1.807, 2.05) is 18.2 Å². The first-order chi connectivity index (χ1) is 6.81. The van der Waals surface area contributed by atoms with Crippen molar-refractivity contribution in [2.24, 2.45) is 0 Å². The lowest BCUT2D eigenvalue weighted by molar-refractivity contribution is 0.413. The van der Waals surface area contributed by atoms with E-state index >= 15 is 0 Å². The Morgan fingerprint density at radius 1 is 1.57 bits per heavy atom. The van der Waals surface area contributed by atoms with Crippen molar-refractivity contribution in [2.75, 3.05) is 12.9 Å². The minimum absolute atomic E-state index is 0.602. The maximum atomic E-state index is 8.69. The number of nitrogens with zero attached hydrogens (tertiary/aromatic N) is 1. The summed E-state index contributed by atoms with van der Waals surface area (Å²) < 4.78 is 5.16. The highest BCUT2D eigenvalue weighted by molar-refractivity contribution is 7.80. The Kier molecular flexibility index (Phi) is 4.09. The molecule has 2 nitrogen and oxygen atoms in total. The Labute approximate surface area is 89.2 Å². The van der Waals surface area contributed by atoms with Crippen LogP contribution in [0.15, 0.2) is 24.3 Å². The maximum absolute atomic E-state index is 8.69. The van der Waals surface area contributed by atoms with E-state index < -0.39 is 0 Å². The van der Waals surface area contributed by atoms with E-state index in [9.17, 15) is 0 Å². The molecule has 0 aliphatic heterocycles. The molecule has 0 aliphatic rings. The van der Waals surface area contributed by atoms with Crippen molar-refractivity contribution in [1.82, 2.24) is 0 Å². The molecule has 0 fully saturated rings. The van der Waals surface area contributed by atoms with Gasteiger partial charge < -0.3 is 4.74 Å². The molecule has 0 aliphatic carbocycles. The summed E-state index contributed by atoms with van der Waals surface area (Å²) in [6, 6.07) is 7.41. The summed E-state index contributed by atoms with van der Waals surface area (Å²) in [7, 11) is 1.59. The third-order valence-electron chi connectivity index (χ3n) is 1.77. The average Bonchev–Trinajstić information content (AvgIpc) is 2.26. The molecule has 1 aromatic carbocycles. The van der Waals surface area contributed by atoms with Gasteiger partial charge >= 0.3 is 0 Å². The predicted octanol–water partition coefficient (Wildman–Crippen LogP) is 2.51. The van der Waals surface area contributed by atoms with Crippen LogP contribution in [0.2, 0.25) is 0 Å². The van der Waals surface area contributed by atoms with Gasteiger partial charge in [0.1, 0.15) is 5.75 Å². The van der Waals surface area contributed by atoms with E-state index in [1.165, 1.54) is 0 Å². The normalized spacial score (nSPS) is 10.1. The summed E-state index contributed by atoms with van der Waals surface area (Å²) in [5.74, 6) is 1.39. The molecule has 0 bridgehead atoms. The van der Waals surface area contributed by atoms with Crippen molar-refractivity contribution >= 4 is 18.7 Å². The van der Waals surface area contributed by atoms with E-state index in [-0.39, 0.29) is 0 Å². The number of thiol groups is 1. The van der Waals surface area contributed by atoms with Crippen molar-refractivity contribution in [1.29, 1.82) is 5.26 Å². The van der Waals surface area contributed by atoms with Crippen LogP contribution in [0.4, 0.5) is 0 Å². The summed E-state index contributed by atoms with van der Waals surface area (Å²) in [4.78, 5) is 0. The molecule has 72 valence electrons. The zero-order valence-electron chi connectivity index (χ0n) is 7.90. The number of methoxy groups -OCH3 is 1. The second-order valence-electron chi connectivity index (χ2n) is 2.65. The van der Waals surface area contributed by atoms with Crippen LogP contribution in [-0.4, -0.2) is 12.9 Å². The second-order valence-corrected chi connectivity index (χ2v) is 3.02. The number of nitriles is 1. The zero-order chi connectivity index (χ0) is 10.4. The molecule has 0 spiro atoms.